The van der Waals surface area contributed by atoms with Crippen LogP contribution in [0.1, 0.15) is 41.5 Å². The number of hydrogen-bond acceptors (Lipinski definition) is 4. The van der Waals surface area contributed by atoms with Crippen molar-refractivity contribution in [2.45, 2.75) is 37.6 Å². The van der Waals surface area contributed by atoms with E-state index in [0.717, 1.165) is 47.2 Å². The largest absolute Gasteiger partial charge is 0.323 e. The van der Waals surface area contributed by atoms with Gasteiger partial charge in [0.1, 0.15) is 5.82 Å². The zero-order chi connectivity index (χ0) is 27.4. The van der Waals surface area contributed by atoms with Crippen molar-refractivity contribution in [3.05, 3.63) is 119 Å². The number of unbranched alkanes of at least 4 members (excludes halogenated alkanes) is 1. The third-order valence-electron chi connectivity index (χ3n) is 6.60. The lowest BCUT2D eigenvalue weighted by Crippen LogP contribution is -2.30. The van der Waals surface area contributed by atoms with Crippen LogP contribution in [-0.4, -0.2) is 23.9 Å². The Labute approximate surface area is 233 Å². The van der Waals surface area contributed by atoms with Gasteiger partial charge < -0.3 is 4.57 Å². The van der Waals surface area contributed by atoms with E-state index in [0.29, 0.717) is 17.1 Å². The van der Waals surface area contributed by atoms with Crippen molar-refractivity contribution in [2.75, 3.05) is 0 Å². The van der Waals surface area contributed by atoms with Crippen LogP contribution in [0.3, 0.4) is 0 Å². The maximum atomic E-state index is 13.1. The number of aromatic nitrogens is 2. The molecule has 6 nitrogen and oxygen atoms in total. The van der Waals surface area contributed by atoms with Gasteiger partial charge in [-0.05, 0) is 59.5 Å². The predicted molar refractivity (Wildman–Crippen MR) is 155 cm³/mol. The number of rotatable bonds is 9. The molecule has 0 aliphatic carbocycles. The van der Waals surface area contributed by atoms with E-state index in [-0.39, 0.29) is 10.5 Å². The quantitative estimate of drug-likeness (QED) is 0.214. The van der Waals surface area contributed by atoms with Crippen molar-refractivity contribution < 1.29 is 13.2 Å². The molecular weight excluding hydrogens is 530 g/mol. The predicted octanol–water partition coefficient (Wildman–Crippen LogP) is 6.87. The summed E-state index contributed by atoms with van der Waals surface area (Å²) in [5, 5.41) is 0.671. The number of nitrogens with one attached hydrogen (secondary N) is 1. The van der Waals surface area contributed by atoms with E-state index in [4.69, 9.17) is 16.6 Å². The summed E-state index contributed by atoms with van der Waals surface area (Å²) < 4.78 is 29.8. The Hall–Kier alpha value is -3.94. The standard InChI is InChI=1S/C31H28ClN3O3S/c1-2-3-13-30-33-28-19-18-24(32)20-29(28)35(30)21-22-14-16-23(17-15-22)26-11-7-8-12-27(26)31(36)34-39(37,38)25-9-5-4-6-10-25/h4-12,14-20H,2-3,13,21H2,1H3,(H,34,36). The van der Waals surface area contributed by atoms with E-state index in [2.05, 4.69) is 16.2 Å². The highest BCUT2D eigenvalue weighted by molar-refractivity contribution is 7.90. The first-order valence-electron chi connectivity index (χ1n) is 12.8. The van der Waals surface area contributed by atoms with Crippen molar-refractivity contribution in [1.29, 1.82) is 0 Å². The smallest absolute Gasteiger partial charge is 0.265 e. The molecule has 0 radical (unpaired) electrons. The number of aryl methyl sites for hydroxylation is 1. The number of nitrogens with zero attached hydrogens (tertiary/aromatic N) is 2. The molecule has 5 aromatic rings. The number of hydrogen-bond donors (Lipinski definition) is 1. The molecule has 0 aliphatic heterocycles. The number of sulfonamides is 1. The Kier molecular flexibility index (Phi) is 7.82. The third-order valence-corrected chi connectivity index (χ3v) is 8.18. The number of amides is 1. The Morgan fingerprint density at radius 3 is 2.38 bits per heavy atom. The SMILES string of the molecule is CCCCc1nc2ccc(Cl)cc2n1Cc1ccc(-c2ccccc2C(=O)NS(=O)(=O)c2ccccc2)cc1. The van der Waals surface area contributed by atoms with Gasteiger partial charge in [0, 0.05) is 23.6 Å². The Morgan fingerprint density at radius 1 is 0.923 bits per heavy atom. The van der Waals surface area contributed by atoms with Crippen LogP contribution >= 0.6 is 11.6 Å². The lowest BCUT2D eigenvalue weighted by molar-refractivity contribution is 0.0982. The van der Waals surface area contributed by atoms with Gasteiger partial charge in [-0.3, -0.25) is 4.79 Å². The molecule has 1 amide bonds. The normalized spacial score (nSPS) is 11.5. The molecule has 0 aliphatic rings. The fraction of sp³-hybridized carbons (Fsp3) is 0.161. The van der Waals surface area contributed by atoms with Gasteiger partial charge in [0.25, 0.3) is 15.9 Å². The van der Waals surface area contributed by atoms with E-state index in [1.165, 1.54) is 12.1 Å². The van der Waals surface area contributed by atoms with E-state index in [9.17, 15) is 13.2 Å². The lowest BCUT2D eigenvalue weighted by atomic mass is 9.98. The molecule has 1 aromatic heterocycles. The topological polar surface area (TPSA) is 81.1 Å². The Balaban J connectivity index is 1.41. The minimum atomic E-state index is -3.99. The second-order valence-electron chi connectivity index (χ2n) is 9.34. The van der Waals surface area contributed by atoms with Crippen LogP contribution < -0.4 is 4.72 Å². The molecule has 0 unspecified atom stereocenters. The molecule has 0 saturated carbocycles. The molecule has 0 atom stereocenters. The molecule has 39 heavy (non-hydrogen) atoms. The van der Waals surface area contributed by atoms with Gasteiger partial charge in [-0.2, -0.15) is 0 Å². The number of halogens is 1. The van der Waals surface area contributed by atoms with Crippen molar-refractivity contribution in [2.24, 2.45) is 0 Å². The average molecular weight is 558 g/mol. The van der Waals surface area contributed by atoms with E-state index in [1.807, 2.05) is 54.6 Å². The molecule has 4 aromatic carbocycles. The van der Waals surface area contributed by atoms with Crippen LogP contribution in [0.2, 0.25) is 5.02 Å². The Morgan fingerprint density at radius 2 is 1.64 bits per heavy atom. The van der Waals surface area contributed by atoms with E-state index < -0.39 is 15.9 Å². The number of benzene rings is 4. The summed E-state index contributed by atoms with van der Waals surface area (Å²) in [6, 6.07) is 28.5. The summed E-state index contributed by atoms with van der Waals surface area (Å²) in [6.45, 7) is 2.80. The Bertz CT molecular complexity index is 1730. The first kappa shape index (κ1) is 26.7. The van der Waals surface area contributed by atoms with Crippen molar-refractivity contribution in [3.8, 4) is 11.1 Å². The molecule has 0 fully saturated rings. The highest BCUT2D eigenvalue weighted by atomic mass is 35.5. The van der Waals surface area contributed by atoms with Crippen molar-refractivity contribution in [1.82, 2.24) is 14.3 Å². The number of carbonyl (C=O) groups is 1. The average Bonchev–Trinajstić information content (AvgIpc) is 3.28. The van der Waals surface area contributed by atoms with Gasteiger partial charge in [-0.15, -0.1) is 0 Å². The van der Waals surface area contributed by atoms with Crippen LogP contribution in [0.4, 0.5) is 0 Å². The summed E-state index contributed by atoms with van der Waals surface area (Å²) in [4.78, 5) is 18.0. The molecular formula is C31H28ClN3O3S. The zero-order valence-corrected chi connectivity index (χ0v) is 23.0. The summed E-state index contributed by atoms with van der Waals surface area (Å²) >= 11 is 6.30. The van der Waals surface area contributed by atoms with Crippen LogP contribution in [0.15, 0.2) is 102 Å². The van der Waals surface area contributed by atoms with Crippen molar-refractivity contribution in [3.63, 3.8) is 0 Å². The summed E-state index contributed by atoms with van der Waals surface area (Å²) in [7, 11) is -3.99. The van der Waals surface area contributed by atoms with Gasteiger partial charge >= 0.3 is 0 Å². The van der Waals surface area contributed by atoms with Crippen LogP contribution in [0.25, 0.3) is 22.2 Å². The number of carbonyl (C=O) groups excluding carboxylic acids is 1. The molecule has 1 N–H and O–H groups in total. The molecule has 0 bridgehead atoms. The first-order chi connectivity index (χ1) is 18.9. The summed E-state index contributed by atoms with van der Waals surface area (Å²) in [5.74, 6) is 0.348. The minimum Gasteiger partial charge on any atom is -0.323 e. The van der Waals surface area contributed by atoms with Gasteiger partial charge in [0.2, 0.25) is 0 Å². The summed E-state index contributed by atoms with van der Waals surface area (Å²) in [6.07, 6.45) is 3.02. The molecule has 5 rings (SSSR count). The second-order valence-corrected chi connectivity index (χ2v) is 11.5. The minimum absolute atomic E-state index is 0.0341. The van der Waals surface area contributed by atoms with Gasteiger partial charge in [-0.25, -0.2) is 18.1 Å². The highest BCUT2D eigenvalue weighted by Crippen LogP contribution is 2.27. The lowest BCUT2D eigenvalue weighted by Gasteiger charge is -2.13. The zero-order valence-electron chi connectivity index (χ0n) is 21.5. The fourth-order valence-electron chi connectivity index (χ4n) is 4.59. The molecule has 198 valence electrons. The van der Waals surface area contributed by atoms with Crippen LogP contribution in [0.5, 0.6) is 0 Å². The number of imidazole rings is 1. The first-order valence-corrected chi connectivity index (χ1v) is 14.7. The van der Waals surface area contributed by atoms with E-state index in [1.54, 1.807) is 30.3 Å². The van der Waals surface area contributed by atoms with Gasteiger partial charge in [0.15, 0.2) is 0 Å². The molecule has 1 heterocycles. The number of fused-ring (bicyclic) bond motifs is 1. The fourth-order valence-corrected chi connectivity index (χ4v) is 5.74. The molecule has 8 heteroatoms. The third kappa shape index (κ3) is 5.90. The van der Waals surface area contributed by atoms with Crippen LogP contribution in [-0.2, 0) is 23.0 Å². The maximum Gasteiger partial charge on any atom is 0.265 e. The van der Waals surface area contributed by atoms with E-state index >= 15 is 0 Å². The maximum absolute atomic E-state index is 13.1. The second kappa shape index (κ2) is 11.4. The highest BCUT2D eigenvalue weighted by Gasteiger charge is 2.21. The van der Waals surface area contributed by atoms with Gasteiger partial charge in [-0.1, -0.05) is 85.6 Å². The molecule has 0 saturated heterocycles. The van der Waals surface area contributed by atoms with Crippen molar-refractivity contribution >= 4 is 38.6 Å². The summed E-state index contributed by atoms with van der Waals surface area (Å²) in [5.41, 5.74) is 4.73. The molecule has 0 spiro atoms. The monoisotopic (exact) mass is 557 g/mol. The van der Waals surface area contributed by atoms with Gasteiger partial charge in [0.05, 0.1) is 15.9 Å². The van der Waals surface area contributed by atoms with Crippen LogP contribution in [0, 0.1) is 0 Å².